The molecule has 1 aliphatic rings. The molecule has 1 saturated heterocycles. The van der Waals surface area contributed by atoms with Gasteiger partial charge in [-0.2, -0.15) is 11.8 Å². The average Bonchev–Trinajstić information content (AvgIpc) is 2.30. The third kappa shape index (κ3) is 3.55. The van der Waals surface area contributed by atoms with Gasteiger partial charge in [-0.15, -0.1) is 0 Å². The monoisotopic (exact) mass is 264 g/mol. The van der Waals surface area contributed by atoms with E-state index < -0.39 is 15.2 Å². The van der Waals surface area contributed by atoms with Crippen LogP contribution in [0.4, 0.5) is 0 Å². The van der Waals surface area contributed by atoms with E-state index >= 15 is 0 Å². The average molecular weight is 264 g/mol. The van der Waals surface area contributed by atoms with Crippen molar-refractivity contribution in [2.45, 2.75) is 12.3 Å². The SMILES string of the molecule is CCS(=O)(=O)C1CSCCN1CCN=[N+]=[N-]. The Kier molecular flexibility index (Phi) is 5.40. The van der Waals surface area contributed by atoms with E-state index in [2.05, 4.69) is 10.0 Å². The smallest absolute Gasteiger partial charge is 0.166 e. The molecule has 0 amide bonds. The van der Waals surface area contributed by atoms with Gasteiger partial charge in [-0.25, -0.2) is 8.42 Å². The zero-order valence-electron chi connectivity index (χ0n) is 9.24. The van der Waals surface area contributed by atoms with E-state index in [0.29, 0.717) is 18.8 Å². The fraction of sp³-hybridized carbons (Fsp3) is 1.00. The third-order valence-corrected chi connectivity index (χ3v) is 5.89. The molecule has 1 aliphatic heterocycles. The predicted octanol–water partition coefficient (Wildman–Crippen LogP) is 1.11. The molecule has 1 atom stereocenters. The van der Waals surface area contributed by atoms with Gasteiger partial charge in [-0.05, 0) is 5.53 Å². The van der Waals surface area contributed by atoms with Crippen molar-refractivity contribution in [2.24, 2.45) is 5.11 Å². The Morgan fingerprint density at radius 3 is 3.00 bits per heavy atom. The van der Waals surface area contributed by atoms with Crippen LogP contribution < -0.4 is 0 Å². The second-order valence-corrected chi connectivity index (χ2v) is 7.07. The second-order valence-electron chi connectivity index (χ2n) is 3.47. The van der Waals surface area contributed by atoms with Crippen molar-refractivity contribution in [2.75, 3.05) is 36.9 Å². The quantitative estimate of drug-likeness (QED) is 0.423. The van der Waals surface area contributed by atoms with Crippen molar-refractivity contribution in [3.05, 3.63) is 10.4 Å². The Morgan fingerprint density at radius 2 is 2.38 bits per heavy atom. The van der Waals surface area contributed by atoms with Crippen LogP contribution in [0, 0.1) is 0 Å². The highest BCUT2D eigenvalue weighted by Crippen LogP contribution is 2.20. The molecule has 0 spiro atoms. The molecule has 0 aromatic rings. The van der Waals surface area contributed by atoms with Crippen molar-refractivity contribution in [1.82, 2.24) is 4.90 Å². The summed E-state index contributed by atoms with van der Waals surface area (Å²) >= 11 is 1.66. The summed E-state index contributed by atoms with van der Waals surface area (Å²) in [4.78, 5) is 4.58. The van der Waals surface area contributed by atoms with Gasteiger partial charge in [0.05, 0.1) is 0 Å². The molecule has 0 bridgehead atoms. The number of thioether (sulfide) groups is 1. The van der Waals surface area contributed by atoms with Crippen LogP contribution >= 0.6 is 11.8 Å². The number of nitrogens with zero attached hydrogens (tertiary/aromatic N) is 4. The van der Waals surface area contributed by atoms with Gasteiger partial charge in [-0.3, -0.25) is 4.90 Å². The van der Waals surface area contributed by atoms with Crippen LogP contribution in [-0.4, -0.2) is 55.6 Å². The summed E-state index contributed by atoms with van der Waals surface area (Å²) < 4.78 is 23.7. The van der Waals surface area contributed by atoms with Crippen molar-refractivity contribution in [3.63, 3.8) is 0 Å². The number of rotatable bonds is 5. The van der Waals surface area contributed by atoms with E-state index in [0.717, 1.165) is 12.3 Å². The molecule has 0 N–H and O–H groups in total. The van der Waals surface area contributed by atoms with Gasteiger partial charge < -0.3 is 0 Å². The van der Waals surface area contributed by atoms with Gasteiger partial charge in [0.15, 0.2) is 9.84 Å². The van der Waals surface area contributed by atoms with E-state index in [1.807, 2.05) is 4.90 Å². The number of hydrogen-bond donors (Lipinski definition) is 0. The first-order chi connectivity index (χ1) is 7.61. The molecule has 8 heteroatoms. The summed E-state index contributed by atoms with van der Waals surface area (Å²) in [6, 6.07) is 0. The first-order valence-electron chi connectivity index (χ1n) is 5.16. The lowest BCUT2D eigenvalue weighted by Gasteiger charge is -2.34. The van der Waals surface area contributed by atoms with E-state index in [4.69, 9.17) is 5.53 Å². The maximum Gasteiger partial charge on any atom is 0.166 e. The Morgan fingerprint density at radius 1 is 1.62 bits per heavy atom. The summed E-state index contributed by atoms with van der Waals surface area (Å²) in [6.07, 6.45) is 0. The molecule has 0 aliphatic carbocycles. The standard InChI is InChI=1S/C8H16N4O2S2/c1-2-16(13,14)8-7-15-6-5-12(8)4-3-10-11-9/h8H,2-7H2,1H3. The summed E-state index contributed by atoms with van der Waals surface area (Å²) in [7, 11) is -3.04. The highest BCUT2D eigenvalue weighted by atomic mass is 32.2. The minimum Gasteiger partial charge on any atom is -0.286 e. The maximum absolute atomic E-state index is 11.8. The van der Waals surface area contributed by atoms with E-state index in [1.165, 1.54) is 0 Å². The summed E-state index contributed by atoms with van der Waals surface area (Å²) in [5.41, 5.74) is 8.19. The summed E-state index contributed by atoms with van der Waals surface area (Å²) in [5, 5.41) is 3.03. The molecule has 6 nitrogen and oxygen atoms in total. The number of hydrogen-bond acceptors (Lipinski definition) is 5. The largest absolute Gasteiger partial charge is 0.286 e. The van der Waals surface area contributed by atoms with Crippen LogP contribution in [0.2, 0.25) is 0 Å². The second kappa shape index (κ2) is 6.34. The summed E-state index contributed by atoms with van der Waals surface area (Å²) in [6.45, 7) is 3.27. The Bertz CT molecular complexity index is 364. The lowest BCUT2D eigenvalue weighted by Crippen LogP contribution is -2.48. The zero-order chi connectivity index (χ0) is 12.0. The lowest BCUT2D eigenvalue weighted by molar-refractivity contribution is 0.277. The van der Waals surface area contributed by atoms with Gasteiger partial charge in [0.25, 0.3) is 0 Å². The van der Waals surface area contributed by atoms with E-state index in [-0.39, 0.29) is 5.75 Å². The normalized spacial score (nSPS) is 22.7. The molecule has 1 unspecified atom stereocenters. The molecule has 0 saturated carbocycles. The van der Waals surface area contributed by atoms with Gasteiger partial charge >= 0.3 is 0 Å². The first-order valence-corrected chi connectivity index (χ1v) is 8.03. The number of azide groups is 1. The Balaban J connectivity index is 2.67. The highest BCUT2D eigenvalue weighted by Gasteiger charge is 2.32. The molecule has 1 fully saturated rings. The van der Waals surface area contributed by atoms with Crippen LogP contribution in [0.25, 0.3) is 10.4 Å². The highest BCUT2D eigenvalue weighted by molar-refractivity contribution is 8.01. The van der Waals surface area contributed by atoms with Crippen LogP contribution in [0.5, 0.6) is 0 Å². The first kappa shape index (κ1) is 13.6. The third-order valence-electron chi connectivity index (χ3n) is 2.56. The molecule has 92 valence electrons. The Labute approximate surface area is 99.9 Å². The lowest BCUT2D eigenvalue weighted by atomic mass is 10.4. The molecule has 16 heavy (non-hydrogen) atoms. The van der Waals surface area contributed by atoms with E-state index in [1.54, 1.807) is 18.7 Å². The van der Waals surface area contributed by atoms with Gasteiger partial charge in [0, 0.05) is 41.8 Å². The minimum atomic E-state index is -3.04. The molecule has 1 rings (SSSR count). The fourth-order valence-electron chi connectivity index (χ4n) is 1.61. The van der Waals surface area contributed by atoms with Crippen LogP contribution in [-0.2, 0) is 9.84 Å². The van der Waals surface area contributed by atoms with Crippen LogP contribution in [0.1, 0.15) is 6.92 Å². The van der Waals surface area contributed by atoms with Gasteiger partial charge in [0.1, 0.15) is 5.37 Å². The molecular weight excluding hydrogens is 248 g/mol. The fourth-order valence-corrected chi connectivity index (χ4v) is 4.72. The van der Waals surface area contributed by atoms with Crippen LogP contribution in [0.15, 0.2) is 5.11 Å². The molecule has 0 radical (unpaired) electrons. The van der Waals surface area contributed by atoms with Crippen molar-refractivity contribution in [1.29, 1.82) is 0 Å². The maximum atomic E-state index is 11.8. The molecule has 1 heterocycles. The number of sulfone groups is 1. The minimum absolute atomic E-state index is 0.163. The van der Waals surface area contributed by atoms with Crippen molar-refractivity contribution >= 4 is 21.6 Å². The van der Waals surface area contributed by atoms with E-state index in [9.17, 15) is 8.42 Å². The summed E-state index contributed by atoms with van der Waals surface area (Å²) in [5.74, 6) is 1.72. The van der Waals surface area contributed by atoms with Crippen LogP contribution in [0.3, 0.4) is 0 Å². The molecule has 0 aromatic carbocycles. The van der Waals surface area contributed by atoms with Crippen molar-refractivity contribution in [3.8, 4) is 0 Å². The van der Waals surface area contributed by atoms with Gasteiger partial charge in [0.2, 0.25) is 0 Å². The van der Waals surface area contributed by atoms with Gasteiger partial charge in [-0.1, -0.05) is 12.0 Å². The zero-order valence-corrected chi connectivity index (χ0v) is 10.9. The predicted molar refractivity (Wildman–Crippen MR) is 66.2 cm³/mol. The molecule has 0 aromatic heterocycles. The van der Waals surface area contributed by atoms with Crippen molar-refractivity contribution < 1.29 is 8.42 Å². The Hall–Kier alpha value is -0.430. The topological polar surface area (TPSA) is 86.1 Å². The molecular formula is C8H16N4O2S2.